The topological polar surface area (TPSA) is 76.4 Å². The molecule has 0 unspecified atom stereocenters. The summed E-state index contributed by atoms with van der Waals surface area (Å²) in [4.78, 5) is 4.55. The van der Waals surface area contributed by atoms with Gasteiger partial charge in [-0.2, -0.15) is 0 Å². The number of nitrogens with zero attached hydrogens (tertiary/aromatic N) is 4. The van der Waals surface area contributed by atoms with Crippen molar-refractivity contribution < 1.29 is 4.74 Å². The van der Waals surface area contributed by atoms with Crippen LogP contribution in [0.2, 0.25) is 0 Å². The second kappa shape index (κ2) is 13.4. The van der Waals surface area contributed by atoms with Crippen molar-refractivity contribution in [2.45, 2.75) is 53.0 Å². The molecule has 25 heavy (non-hydrogen) atoms. The van der Waals surface area contributed by atoms with Crippen LogP contribution in [0.1, 0.15) is 45.9 Å². The summed E-state index contributed by atoms with van der Waals surface area (Å²) in [7, 11) is 0. The first kappa shape index (κ1) is 21.2. The largest absolute Gasteiger partial charge is 0.381 e. The Morgan fingerprint density at radius 1 is 1.24 bits per heavy atom. The van der Waals surface area contributed by atoms with Crippen LogP contribution in [0.25, 0.3) is 0 Å². The quantitative estimate of drug-likeness (QED) is 0.247. The second-order valence-electron chi connectivity index (χ2n) is 6.09. The fourth-order valence-electron chi connectivity index (χ4n) is 2.15. The van der Waals surface area contributed by atoms with Crippen LogP contribution in [-0.2, 0) is 17.7 Å². The van der Waals surface area contributed by atoms with Gasteiger partial charge in [-0.1, -0.05) is 32.4 Å². The number of nitrogens with one attached hydrogen (secondary N) is 2. The van der Waals surface area contributed by atoms with Crippen LogP contribution in [0.5, 0.6) is 0 Å². The zero-order valence-electron chi connectivity index (χ0n) is 16.1. The molecule has 1 rings (SSSR count). The Kier molecular flexibility index (Phi) is 11.3. The van der Waals surface area contributed by atoms with Gasteiger partial charge >= 0.3 is 0 Å². The molecule has 0 saturated heterocycles. The van der Waals surface area contributed by atoms with E-state index >= 15 is 0 Å². The highest BCUT2D eigenvalue weighted by Gasteiger charge is 2.02. The summed E-state index contributed by atoms with van der Waals surface area (Å²) in [5.74, 6) is 1.81. The van der Waals surface area contributed by atoms with Crippen molar-refractivity contribution in [2.75, 3.05) is 32.8 Å². The summed E-state index contributed by atoms with van der Waals surface area (Å²) in [6.07, 6.45) is 5.91. The first-order valence-corrected chi connectivity index (χ1v) is 9.28. The fourth-order valence-corrected chi connectivity index (χ4v) is 2.15. The Balaban J connectivity index is 2.32. The van der Waals surface area contributed by atoms with Crippen LogP contribution in [-0.4, -0.2) is 53.6 Å². The number of ether oxygens (including phenoxy) is 1. The fraction of sp³-hybridized carbons (Fsp3) is 0.722. The third kappa shape index (κ3) is 9.86. The minimum atomic E-state index is 0.620. The SMILES string of the molecule is C=C(C)CN=C(NCCCOCCCC)NCCn1cnnc1CC. The van der Waals surface area contributed by atoms with Crippen molar-refractivity contribution in [1.29, 1.82) is 0 Å². The minimum absolute atomic E-state index is 0.620. The Morgan fingerprint density at radius 3 is 2.72 bits per heavy atom. The number of guanidine groups is 1. The first-order chi connectivity index (χ1) is 12.2. The van der Waals surface area contributed by atoms with Crippen molar-refractivity contribution in [2.24, 2.45) is 4.99 Å². The number of hydrogen-bond donors (Lipinski definition) is 2. The highest BCUT2D eigenvalue weighted by atomic mass is 16.5. The van der Waals surface area contributed by atoms with Crippen molar-refractivity contribution in [1.82, 2.24) is 25.4 Å². The predicted molar refractivity (Wildman–Crippen MR) is 103 cm³/mol. The van der Waals surface area contributed by atoms with Gasteiger partial charge in [0.2, 0.25) is 0 Å². The molecule has 0 aliphatic rings. The zero-order chi connectivity index (χ0) is 18.3. The van der Waals surface area contributed by atoms with Gasteiger partial charge in [0.15, 0.2) is 5.96 Å². The van der Waals surface area contributed by atoms with E-state index < -0.39 is 0 Å². The van der Waals surface area contributed by atoms with Gasteiger partial charge < -0.3 is 19.9 Å². The molecule has 2 N–H and O–H groups in total. The van der Waals surface area contributed by atoms with Crippen LogP contribution in [0.3, 0.4) is 0 Å². The number of hydrogen-bond acceptors (Lipinski definition) is 4. The molecule has 1 aromatic rings. The highest BCUT2D eigenvalue weighted by molar-refractivity contribution is 5.79. The van der Waals surface area contributed by atoms with E-state index in [-0.39, 0.29) is 0 Å². The van der Waals surface area contributed by atoms with Crippen molar-refractivity contribution in [3.8, 4) is 0 Å². The summed E-state index contributed by atoms with van der Waals surface area (Å²) in [5, 5.41) is 14.8. The van der Waals surface area contributed by atoms with E-state index in [4.69, 9.17) is 4.74 Å². The van der Waals surface area contributed by atoms with E-state index in [9.17, 15) is 0 Å². The van der Waals surface area contributed by atoms with Gasteiger partial charge in [0, 0.05) is 39.3 Å². The Hall–Kier alpha value is -1.89. The third-order valence-corrected chi connectivity index (χ3v) is 3.56. The van der Waals surface area contributed by atoms with Gasteiger partial charge in [-0.3, -0.25) is 0 Å². The predicted octanol–water partition coefficient (Wildman–Crippen LogP) is 2.16. The lowest BCUT2D eigenvalue weighted by molar-refractivity contribution is 0.129. The smallest absolute Gasteiger partial charge is 0.191 e. The average molecular weight is 351 g/mol. The zero-order valence-corrected chi connectivity index (χ0v) is 16.1. The molecule has 7 nitrogen and oxygen atoms in total. The van der Waals surface area contributed by atoms with Crippen LogP contribution >= 0.6 is 0 Å². The normalized spacial score (nSPS) is 11.6. The van der Waals surface area contributed by atoms with E-state index in [2.05, 4.69) is 50.8 Å². The van der Waals surface area contributed by atoms with Crippen LogP contribution < -0.4 is 10.6 Å². The molecule has 0 spiro atoms. The molecule has 0 amide bonds. The lowest BCUT2D eigenvalue weighted by Crippen LogP contribution is -2.40. The monoisotopic (exact) mass is 350 g/mol. The molecule has 0 saturated carbocycles. The number of aromatic nitrogens is 3. The molecule has 0 bridgehead atoms. The summed E-state index contributed by atoms with van der Waals surface area (Å²) in [6, 6.07) is 0. The molecule has 1 aromatic heterocycles. The molecule has 0 aliphatic heterocycles. The lowest BCUT2D eigenvalue weighted by Gasteiger charge is -2.13. The van der Waals surface area contributed by atoms with E-state index in [0.29, 0.717) is 6.54 Å². The molecule has 0 aliphatic carbocycles. The maximum Gasteiger partial charge on any atom is 0.191 e. The van der Waals surface area contributed by atoms with Crippen molar-refractivity contribution in [3.05, 3.63) is 24.3 Å². The van der Waals surface area contributed by atoms with Gasteiger partial charge in [-0.15, -0.1) is 10.2 Å². The molecule has 142 valence electrons. The van der Waals surface area contributed by atoms with Gasteiger partial charge in [-0.25, -0.2) is 4.99 Å². The molecular weight excluding hydrogens is 316 g/mol. The molecule has 0 radical (unpaired) electrons. The van der Waals surface area contributed by atoms with Crippen molar-refractivity contribution in [3.63, 3.8) is 0 Å². The number of rotatable bonds is 13. The number of aliphatic imine (C=N–C) groups is 1. The minimum Gasteiger partial charge on any atom is -0.381 e. The molecule has 0 aromatic carbocycles. The Morgan fingerprint density at radius 2 is 2.00 bits per heavy atom. The molecule has 1 heterocycles. The molecule has 0 fully saturated rings. The Bertz CT molecular complexity index is 511. The molecular formula is C18H34N6O. The van der Waals surface area contributed by atoms with Gasteiger partial charge in [0.25, 0.3) is 0 Å². The maximum absolute atomic E-state index is 5.58. The highest BCUT2D eigenvalue weighted by Crippen LogP contribution is 1.95. The van der Waals surface area contributed by atoms with E-state index in [1.165, 1.54) is 6.42 Å². The summed E-state index contributed by atoms with van der Waals surface area (Å²) in [5.41, 5.74) is 1.04. The summed E-state index contributed by atoms with van der Waals surface area (Å²) in [6.45, 7) is 14.8. The second-order valence-corrected chi connectivity index (χ2v) is 6.09. The molecule has 0 atom stereocenters. The van der Waals surface area contributed by atoms with Crippen LogP contribution in [0.15, 0.2) is 23.5 Å². The average Bonchev–Trinajstić information content (AvgIpc) is 3.05. The van der Waals surface area contributed by atoms with Crippen molar-refractivity contribution >= 4 is 5.96 Å². The number of aryl methyl sites for hydroxylation is 1. The standard InChI is InChI=1S/C18H34N6O/c1-5-7-12-25-13-8-9-19-18(21-14-16(3)4)20-10-11-24-15-22-23-17(24)6-2/h15H,3,5-14H2,1-2,4H3,(H2,19,20,21). The van der Waals surface area contributed by atoms with E-state index in [1.807, 2.05) is 6.92 Å². The van der Waals surface area contributed by atoms with Gasteiger partial charge in [0.05, 0.1) is 6.54 Å². The van der Waals surface area contributed by atoms with Gasteiger partial charge in [0.1, 0.15) is 12.2 Å². The lowest BCUT2D eigenvalue weighted by atomic mass is 10.3. The van der Waals surface area contributed by atoms with Gasteiger partial charge in [-0.05, 0) is 19.8 Å². The van der Waals surface area contributed by atoms with E-state index in [0.717, 1.165) is 69.5 Å². The Labute approximate surface area is 152 Å². The summed E-state index contributed by atoms with van der Waals surface area (Å²) < 4.78 is 7.64. The maximum atomic E-state index is 5.58. The van der Waals surface area contributed by atoms with Crippen LogP contribution in [0, 0.1) is 0 Å². The summed E-state index contributed by atoms with van der Waals surface area (Å²) >= 11 is 0. The first-order valence-electron chi connectivity index (χ1n) is 9.28. The van der Waals surface area contributed by atoms with Crippen LogP contribution in [0.4, 0.5) is 0 Å². The number of unbranched alkanes of at least 4 members (excludes halogenated alkanes) is 1. The molecule has 7 heteroatoms. The van der Waals surface area contributed by atoms with E-state index in [1.54, 1.807) is 6.33 Å². The third-order valence-electron chi connectivity index (χ3n) is 3.56.